The monoisotopic (exact) mass is 628 g/mol. The van der Waals surface area contributed by atoms with Gasteiger partial charge in [0.05, 0.1) is 32.3 Å². The quantitative estimate of drug-likeness (QED) is 0.0515. The molecule has 242 valence electrons. The number of carbonyl (C=O) groups is 2. The summed E-state index contributed by atoms with van der Waals surface area (Å²) in [5.41, 5.74) is 2.77. The molecule has 3 atom stereocenters. The molecule has 0 aromatic heterocycles. The molecule has 3 aromatic rings. The summed E-state index contributed by atoms with van der Waals surface area (Å²) in [4.78, 5) is 23.7. The zero-order valence-corrected chi connectivity index (χ0v) is 26.1. The summed E-state index contributed by atoms with van der Waals surface area (Å²) in [5, 5.41) is 0. The third kappa shape index (κ3) is 10.0. The number of benzene rings is 3. The highest BCUT2D eigenvalue weighted by Gasteiger charge is 2.32. The van der Waals surface area contributed by atoms with Crippen LogP contribution in [-0.4, -0.2) is 50.6 Å². The second-order valence-corrected chi connectivity index (χ2v) is 10.5. The molecule has 1 aliphatic rings. The zero-order chi connectivity index (χ0) is 32.7. The van der Waals surface area contributed by atoms with Gasteiger partial charge in [0.15, 0.2) is 11.5 Å². The van der Waals surface area contributed by atoms with E-state index in [1.165, 1.54) is 12.5 Å². The summed E-state index contributed by atoms with van der Waals surface area (Å²) in [6, 6.07) is 19.9. The Morgan fingerprint density at radius 3 is 2.15 bits per heavy atom. The Hall–Kier alpha value is -5.02. The van der Waals surface area contributed by atoms with Crippen molar-refractivity contribution in [3.8, 4) is 34.1 Å². The van der Waals surface area contributed by atoms with Crippen molar-refractivity contribution in [1.29, 1.82) is 0 Å². The minimum absolute atomic E-state index is 0.0409. The van der Waals surface area contributed by atoms with Crippen molar-refractivity contribution in [1.82, 2.24) is 0 Å². The Labute approximate surface area is 270 Å². The summed E-state index contributed by atoms with van der Waals surface area (Å²) in [7, 11) is 1.60. The molecule has 0 aliphatic heterocycles. The maximum absolute atomic E-state index is 12.4. The van der Waals surface area contributed by atoms with Crippen LogP contribution >= 0.6 is 0 Å². The number of rotatable bonds is 17. The molecule has 1 aliphatic carbocycles. The van der Waals surface area contributed by atoms with E-state index in [1.807, 2.05) is 30.3 Å². The standard InChI is InChI=1S/C37H40O9/c1-5-36(38)45-29-14-8-26(9-15-29)10-21-37(39)46-30-16-11-27(12-17-30)28-13-19-32(34(24-28)40-4)44-23-22-43-31-18-20-33(41-6-2)35(25-31)42-7-3/h5-9,11-17,19,24,31,33,35H,1-3,10,18,20-23,25H2,4H3. The number of ether oxygens (including phenoxy) is 7. The van der Waals surface area contributed by atoms with Crippen LogP contribution in [0.4, 0.5) is 0 Å². The first-order chi connectivity index (χ1) is 22.4. The number of hydrogen-bond donors (Lipinski definition) is 0. The van der Waals surface area contributed by atoms with E-state index in [-0.39, 0.29) is 30.7 Å². The molecular weight excluding hydrogens is 588 g/mol. The van der Waals surface area contributed by atoms with Gasteiger partial charge in [0.1, 0.15) is 30.3 Å². The lowest BCUT2D eigenvalue weighted by Gasteiger charge is -2.34. The number of aryl methyl sites for hydroxylation is 1. The van der Waals surface area contributed by atoms with Gasteiger partial charge < -0.3 is 33.2 Å². The van der Waals surface area contributed by atoms with E-state index < -0.39 is 5.97 Å². The van der Waals surface area contributed by atoms with Crippen molar-refractivity contribution in [2.24, 2.45) is 0 Å². The number of methoxy groups -OCH3 is 1. The van der Waals surface area contributed by atoms with Crippen molar-refractivity contribution in [2.45, 2.75) is 50.4 Å². The van der Waals surface area contributed by atoms with Crippen LogP contribution in [0.15, 0.2) is 105 Å². The van der Waals surface area contributed by atoms with Crippen molar-refractivity contribution < 1.29 is 42.7 Å². The Morgan fingerprint density at radius 1 is 0.783 bits per heavy atom. The molecule has 3 unspecified atom stereocenters. The van der Waals surface area contributed by atoms with Gasteiger partial charge >= 0.3 is 11.9 Å². The van der Waals surface area contributed by atoms with Crippen molar-refractivity contribution >= 4 is 11.9 Å². The Balaban J connectivity index is 1.23. The topological polar surface area (TPSA) is 98.8 Å². The second kappa shape index (κ2) is 17.5. The lowest BCUT2D eigenvalue weighted by molar-refractivity contribution is -0.134. The lowest BCUT2D eigenvalue weighted by atomic mass is 9.92. The third-order valence-electron chi connectivity index (χ3n) is 7.43. The van der Waals surface area contributed by atoms with E-state index in [4.69, 9.17) is 33.2 Å². The summed E-state index contributed by atoms with van der Waals surface area (Å²) in [6.45, 7) is 11.5. The molecule has 0 saturated heterocycles. The van der Waals surface area contributed by atoms with Gasteiger partial charge in [-0.3, -0.25) is 4.79 Å². The summed E-state index contributed by atoms with van der Waals surface area (Å²) in [6.07, 6.45) is 6.91. The number of hydrogen-bond acceptors (Lipinski definition) is 9. The maximum Gasteiger partial charge on any atom is 0.335 e. The normalized spacial score (nSPS) is 17.2. The fourth-order valence-corrected chi connectivity index (χ4v) is 5.12. The van der Waals surface area contributed by atoms with Gasteiger partial charge in [0.25, 0.3) is 0 Å². The van der Waals surface area contributed by atoms with Crippen LogP contribution in [0.3, 0.4) is 0 Å². The fourth-order valence-electron chi connectivity index (χ4n) is 5.12. The molecule has 0 heterocycles. The maximum atomic E-state index is 12.4. The van der Waals surface area contributed by atoms with E-state index >= 15 is 0 Å². The van der Waals surface area contributed by atoms with Gasteiger partial charge in [-0.25, -0.2) is 4.79 Å². The van der Waals surface area contributed by atoms with Crippen molar-refractivity contribution in [2.75, 3.05) is 20.3 Å². The van der Waals surface area contributed by atoms with E-state index in [1.54, 1.807) is 43.5 Å². The van der Waals surface area contributed by atoms with Crippen LogP contribution in [0.1, 0.15) is 31.2 Å². The van der Waals surface area contributed by atoms with Crippen LogP contribution in [0.25, 0.3) is 11.1 Å². The summed E-state index contributed by atoms with van der Waals surface area (Å²) >= 11 is 0. The van der Waals surface area contributed by atoms with Gasteiger partial charge in [-0.1, -0.05) is 50.1 Å². The first kappa shape index (κ1) is 33.9. The molecular formula is C37H40O9. The SMILES string of the molecule is C=COC1CCC(OCCOc2ccc(-c3ccc(OC(=O)CCc4ccc(OC(=O)C=C)cc4)cc3)cc2OC)CC1OC=C. The van der Waals surface area contributed by atoms with Gasteiger partial charge in [0, 0.05) is 18.9 Å². The fraction of sp³-hybridized carbons (Fsp3) is 0.297. The molecule has 1 saturated carbocycles. The Kier molecular flexibility index (Phi) is 12.9. The van der Waals surface area contributed by atoms with Crippen LogP contribution < -0.4 is 18.9 Å². The predicted molar refractivity (Wildman–Crippen MR) is 174 cm³/mol. The smallest absolute Gasteiger partial charge is 0.335 e. The highest BCUT2D eigenvalue weighted by molar-refractivity contribution is 5.83. The molecule has 0 N–H and O–H groups in total. The van der Waals surface area contributed by atoms with E-state index in [2.05, 4.69) is 19.7 Å². The van der Waals surface area contributed by atoms with E-state index in [0.717, 1.165) is 35.6 Å². The molecule has 0 bridgehead atoms. The first-order valence-electron chi connectivity index (χ1n) is 15.1. The molecule has 0 radical (unpaired) electrons. The molecule has 3 aromatic carbocycles. The minimum atomic E-state index is -0.524. The molecule has 0 amide bonds. The van der Waals surface area contributed by atoms with E-state index in [9.17, 15) is 9.59 Å². The average Bonchev–Trinajstić information content (AvgIpc) is 3.08. The van der Waals surface area contributed by atoms with Gasteiger partial charge in [-0.15, -0.1) is 0 Å². The largest absolute Gasteiger partial charge is 0.495 e. The predicted octanol–water partition coefficient (Wildman–Crippen LogP) is 7.00. The molecule has 1 fully saturated rings. The Bertz CT molecular complexity index is 1460. The highest BCUT2D eigenvalue weighted by atomic mass is 16.6. The van der Waals surface area contributed by atoms with Crippen molar-refractivity contribution in [3.63, 3.8) is 0 Å². The third-order valence-corrected chi connectivity index (χ3v) is 7.43. The summed E-state index contributed by atoms with van der Waals surface area (Å²) in [5.74, 6) is 1.21. The first-order valence-corrected chi connectivity index (χ1v) is 15.1. The average molecular weight is 629 g/mol. The van der Waals surface area contributed by atoms with Crippen LogP contribution in [-0.2, 0) is 30.2 Å². The van der Waals surface area contributed by atoms with Gasteiger partial charge in [-0.05, 0) is 72.4 Å². The minimum Gasteiger partial charge on any atom is -0.495 e. The van der Waals surface area contributed by atoms with E-state index in [0.29, 0.717) is 49.1 Å². The van der Waals surface area contributed by atoms with Crippen LogP contribution in [0.5, 0.6) is 23.0 Å². The zero-order valence-electron chi connectivity index (χ0n) is 26.1. The van der Waals surface area contributed by atoms with Gasteiger partial charge in [0.2, 0.25) is 0 Å². The van der Waals surface area contributed by atoms with Crippen LogP contribution in [0, 0.1) is 0 Å². The molecule has 9 heteroatoms. The molecule has 9 nitrogen and oxygen atoms in total. The van der Waals surface area contributed by atoms with Crippen LogP contribution in [0.2, 0.25) is 0 Å². The number of esters is 2. The highest BCUT2D eigenvalue weighted by Crippen LogP contribution is 2.33. The molecule has 46 heavy (non-hydrogen) atoms. The van der Waals surface area contributed by atoms with Gasteiger partial charge in [-0.2, -0.15) is 0 Å². The second-order valence-electron chi connectivity index (χ2n) is 10.5. The summed E-state index contributed by atoms with van der Waals surface area (Å²) < 4.78 is 39.4. The molecule has 0 spiro atoms. The lowest BCUT2D eigenvalue weighted by Crippen LogP contribution is -2.39. The number of carbonyl (C=O) groups excluding carboxylic acids is 2. The Morgan fingerprint density at radius 2 is 1.46 bits per heavy atom. The van der Waals surface area contributed by atoms with Crippen molar-refractivity contribution in [3.05, 3.63) is 111 Å². The molecule has 4 rings (SSSR count).